The van der Waals surface area contributed by atoms with Crippen LogP contribution in [-0.2, 0) is 6.42 Å². The van der Waals surface area contributed by atoms with E-state index in [0.29, 0.717) is 0 Å². The van der Waals surface area contributed by atoms with Crippen LogP contribution in [0.5, 0.6) is 0 Å². The maximum atomic E-state index is 5.77. The average Bonchev–Trinajstić information content (AvgIpc) is 2.79. The second-order valence-electron chi connectivity index (χ2n) is 4.94. The van der Waals surface area contributed by atoms with Crippen molar-refractivity contribution >= 4 is 11.3 Å². The molecule has 0 fully saturated rings. The van der Waals surface area contributed by atoms with Crippen LogP contribution >= 0.6 is 11.3 Å². The summed E-state index contributed by atoms with van der Waals surface area (Å²) in [6, 6.07) is 6.76. The Labute approximate surface area is 113 Å². The van der Waals surface area contributed by atoms with Crippen molar-refractivity contribution in [3.8, 4) is 11.3 Å². The summed E-state index contributed by atoms with van der Waals surface area (Å²) in [5.41, 5.74) is 10.7. The molecule has 1 heterocycles. The molecular formula is C15H20N2S. The van der Waals surface area contributed by atoms with E-state index in [1.807, 2.05) is 6.92 Å². The van der Waals surface area contributed by atoms with Crippen molar-refractivity contribution in [3.05, 3.63) is 39.7 Å². The number of aryl methyl sites for hydroxylation is 3. The van der Waals surface area contributed by atoms with Gasteiger partial charge in [-0.1, -0.05) is 12.1 Å². The lowest BCUT2D eigenvalue weighted by Crippen LogP contribution is -2.15. The molecule has 0 radical (unpaired) electrons. The van der Waals surface area contributed by atoms with Crippen molar-refractivity contribution in [1.82, 2.24) is 4.98 Å². The van der Waals surface area contributed by atoms with Gasteiger partial charge in [-0.15, -0.1) is 11.3 Å². The quantitative estimate of drug-likeness (QED) is 0.910. The summed E-state index contributed by atoms with van der Waals surface area (Å²) in [6.07, 6.45) is 1.98. The third-order valence-electron chi connectivity index (χ3n) is 3.17. The van der Waals surface area contributed by atoms with Crippen molar-refractivity contribution in [3.63, 3.8) is 0 Å². The Bertz CT molecular complexity index is 529. The minimum atomic E-state index is 0.249. The SMILES string of the molecule is Cc1ccc(-c2csc(CCC(C)N)n2)cc1C. The molecule has 0 spiro atoms. The lowest BCUT2D eigenvalue weighted by molar-refractivity contribution is 0.664. The summed E-state index contributed by atoms with van der Waals surface area (Å²) in [5, 5.41) is 3.32. The fraction of sp³-hybridized carbons (Fsp3) is 0.400. The first kappa shape index (κ1) is 13.2. The highest BCUT2D eigenvalue weighted by Crippen LogP contribution is 2.24. The number of rotatable bonds is 4. The van der Waals surface area contributed by atoms with Crippen LogP contribution in [0.3, 0.4) is 0 Å². The van der Waals surface area contributed by atoms with E-state index in [0.717, 1.165) is 18.5 Å². The number of nitrogens with zero attached hydrogens (tertiary/aromatic N) is 1. The third kappa shape index (κ3) is 3.18. The molecule has 0 bridgehead atoms. The molecule has 0 aliphatic carbocycles. The molecule has 0 aliphatic heterocycles. The minimum Gasteiger partial charge on any atom is -0.328 e. The van der Waals surface area contributed by atoms with Crippen LogP contribution in [0.25, 0.3) is 11.3 Å². The number of nitrogens with two attached hydrogens (primary N) is 1. The number of benzene rings is 1. The fourth-order valence-corrected chi connectivity index (χ4v) is 2.63. The van der Waals surface area contributed by atoms with E-state index in [2.05, 4.69) is 42.4 Å². The van der Waals surface area contributed by atoms with Gasteiger partial charge in [-0.2, -0.15) is 0 Å². The van der Waals surface area contributed by atoms with E-state index in [-0.39, 0.29) is 6.04 Å². The summed E-state index contributed by atoms with van der Waals surface area (Å²) in [6.45, 7) is 6.31. The largest absolute Gasteiger partial charge is 0.328 e. The second kappa shape index (κ2) is 5.63. The summed E-state index contributed by atoms with van der Waals surface area (Å²) in [5.74, 6) is 0. The molecule has 2 nitrogen and oxygen atoms in total. The number of thiazole rings is 1. The Morgan fingerprint density at radius 1 is 1.28 bits per heavy atom. The number of aromatic nitrogens is 1. The lowest BCUT2D eigenvalue weighted by Gasteiger charge is -2.03. The maximum Gasteiger partial charge on any atom is 0.0933 e. The first-order valence-electron chi connectivity index (χ1n) is 6.34. The van der Waals surface area contributed by atoms with Gasteiger partial charge in [0, 0.05) is 23.4 Å². The van der Waals surface area contributed by atoms with Crippen molar-refractivity contribution < 1.29 is 0 Å². The van der Waals surface area contributed by atoms with E-state index in [4.69, 9.17) is 5.73 Å². The van der Waals surface area contributed by atoms with Gasteiger partial charge < -0.3 is 5.73 Å². The Morgan fingerprint density at radius 2 is 2.06 bits per heavy atom. The first-order chi connectivity index (χ1) is 8.56. The molecule has 0 saturated carbocycles. The van der Waals surface area contributed by atoms with E-state index in [1.54, 1.807) is 11.3 Å². The van der Waals surface area contributed by atoms with Crippen LogP contribution in [0.15, 0.2) is 23.6 Å². The van der Waals surface area contributed by atoms with Crippen molar-refractivity contribution in [2.45, 2.75) is 39.7 Å². The lowest BCUT2D eigenvalue weighted by atomic mass is 10.1. The fourth-order valence-electron chi connectivity index (χ4n) is 1.81. The highest BCUT2D eigenvalue weighted by molar-refractivity contribution is 7.09. The predicted molar refractivity (Wildman–Crippen MR) is 79.0 cm³/mol. The Hall–Kier alpha value is -1.19. The summed E-state index contributed by atoms with van der Waals surface area (Å²) in [4.78, 5) is 4.69. The van der Waals surface area contributed by atoms with Crippen molar-refractivity contribution in [1.29, 1.82) is 0 Å². The minimum absolute atomic E-state index is 0.249. The molecule has 2 rings (SSSR count). The smallest absolute Gasteiger partial charge is 0.0933 e. The topological polar surface area (TPSA) is 38.9 Å². The summed E-state index contributed by atoms with van der Waals surface area (Å²) >= 11 is 1.73. The van der Waals surface area contributed by atoms with E-state index in [9.17, 15) is 0 Å². The monoisotopic (exact) mass is 260 g/mol. The highest BCUT2D eigenvalue weighted by atomic mass is 32.1. The molecule has 1 aromatic heterocycles. The molecule has 1 unspecified atom stereocenters. The normalized spacial score (nSPS) is 12.7. The third-order valence-corrected chi connectivity index (χ3v) is 4.08. The van der Waals surface area contributed by atoms with Crippen molar-refractivity contribution in [2.24, 2.45) is 5.73 Å². The van der Waals surface area contributed by atoms with Gasteiger partial charge in [-0.05, 0) is 44.4 Å². The van der Waals surface area contributed by atoms with Gasteiger partial charge in [-0.25, -0.2) is 4.98 Å². The molecule has 18 heavy (non-hydrogen) atoms. The zero-order chi connectivity index (χ0) is 13.1. The van der Waals surface area contributed by atoms with Crippen LogP contribution in [-0.4, -0.2) is 11.0 Å². The number of hydrogen-bond donors (Lipinski definition) is 1. The average molecular weight is 260 g/mol. The Kier molecular flexibility index (Phi) is 4.15. The first-order valence-corrected chi connectivity index (χ1v) is 7.22. The van der Waals surface area contributed by atoms with Gasteiger partial charge in [0.1, 0.15) is 0 Å². The van der Waals surface area contributed by atoms with E-state index >= 15 is 0 Å². The molecule has 1 aromatic carbocycles. The maximum absolute atomic E-state index is 5.77. The molecule has 2 N–H and O–H groups in total. The van der Waals surface area contributed by atoms with Gasteiger partial charge in [0.25, 0.3) is 0 Å². The van der Waals surface area contributed by atoms with E-state index in [1.165, 1.54) is 21.7 Å². The molecule has 96 valence electrons. The second-order valence-corrected chi connectivity index (χ2v) is 5.88. The van der Waals surface area contributed by atoms with E-state index < -0.39 is 0 Å². The van der Waals surface area contributed by atoms with Gasteiger partial charge in [0.2, 0.25) is 0 Å². The van der Waals surface area contributed by atoms with Gasteiger partial charge in [-0.3, -0.25) is 0 Å². The van der Waals surface area contributed by atoms with Crippen LogP contribution in [0.1, 0.15) is 29.5 Å². The van der Waals surface area contributed by atoms with Gasteiger partial charge in [0.05, 0.1) is 10.7 Å². The molecule has 2 aromatic rings. The van der Waals surface area contributed by atoms with Gasteiger partial charge >= 0.3 is 0 Å². The molecule has 0 aliphatic rings. The van der Waals surface area contributed by atoms with Crippen LogP contribution in [0.2, 0.25) is 0 Å². The summed E-state index contributed by atoms with van der Waals surface area (Å²) in [7, 11) is 0. The standard InChI is InChI=1S/C15H20N2S/c1-10-4-6-13(8-11(10)2)14-9-18-15(17-14)7-5-12(3)16/h4,6,8-9,12H,5,7,16H2,1-3H3. The van der Waals surface area contributed by atoms with Crippen LogP contribution in [0, 0.1) is 13.8 Å². The molecule has 0 saturated heterocycles. The Morgan fingerprint density at radius 3 is 2.72 bits per heavy atom. The molecular weight excluding hydrogens is 240 g/mol. The molecule has 0 amide bonds. The molecule has 3 heteroatoms. The number of hydrogen-bond acceptors (Lipinski definition) is 3. The zero-order valence-electron chi connectivity index (χ0n) is 11.2. The predicted octanol–water partition coefficient (Wildman–Crippen LogP) is 3.71. The van der Waals surface area contributed by atoms with Crippen LogP contribution < -0.4 is 5.73 Å². The van der Waals surface area contributed by atoms with Gasteiger partial charge in [0.15, 0.2) is 0 Å². The van der Waals surface area contributed by atoms with Crippen molar-refractivity contribution in [2.75, 3.05) is 0 Å². The molecule has 1 atom stereocenters. The summed E-state index contributed by atoms with van der Waals surface area (Å²) < 4.78 is 0. The zero-order valence-corrected chi connectivity index (χ0v) is 12.1. The highest BCUT2D eigenvalue weighted by Gasteiger charge is 2.06. The van der Waals surface area contributed by atoms with Crippen LogP contribution in [0.4, 0.5) is 0 Å². The Balaban J connectivity index is 2.16.